The summed E-state index contributed by atoms with van der Waals surface area (Å²) in [5, 5.41) is 3.21. The molecule has 1 aromatic heterocycles. The van der Waals surface area contributed by atoms with Crippen LogP contribution in [0.25, 0.3) is 0 Å². The lowest BCUT2D eigenvalue weighted by atomic mass is 10.0. The fourth-order valence-corrected chi connectivity index (χ4v) is 3.53. The Morgan fingerprint density at radius 1 is 1.35 bits per heavy atom. The smallest absolute Gasteiger partial charge is 0.137 e. The van der Waals surface area contributed by atoms with E-state index in [0.29, 0.717) is 18.1 Å². The first-order valence-corrected chi connectivity index (χ1v) is 7.63. The molecule has 5 heteroatoms. The molecule has 20 heavy (non-hydrogen) atoms. The number of nitrogens with zero attached hydrogens (tertiary/aromatic N) is 3. The zero-order chi connectivity index (χ0) is 14.1. The summed E-state index contributed by atoms with van der Waals surface area (Å²) in [4.78, 5) is 11.4. The minimum absolute atomic E-state index is 0.386. The number of morpholine rings is 1. The Kier molecular flexibility index (Phi) is 3.78. The van der Waals surface area contributed by atoms with Crippen LogP contribution in [0.15, 0.2) is 6.33 Å². The van der Waals surface area contributed by atoms with Gasteiger partial charge in [0, 0.05) is 19.2 Å². The summed E-state index contributed by atoms with van der Waals surface area (Å²) in [7, 11) is 1.93. The van der Waals surface area contributed by atoms with Gasteiger partial charge in [0.25, 0.3) is 0 Å². The van der Waals surface area contributed by atoms with Gasteiger partial charge in [-0.05, 0) is 25.2 Å². The van der Waals surface area contributed by atoms with E-state index >= 15 is 0 Å². The average molecular weight is 276 g/mol. The predicted molar refractivity (Wildman–Crippen MR) is 80.4 cm³/mol. The molecule has 0 amide bonds. The van der Waals surface area contributed by atoms with Gasteiger partial charge in [0.1, 0.15) is 18.0 Å². The highest BCUT2D eigenvalue weighted by Gasteiger charge is 2.38. The maximum Gasteiger partial charge on any atom is 0.137 e. The van der Waals surface area contributed by atoms with Crippen LogP contribution in [0.5, 0.6) is 0 Å². The zero-order valence-electron chi connectivity index (χ0n) is 12.6. The Morgan fingerprint density at radius 2 is 2.20 bits per heavy atom. The molecule has 3 rings (SSSR count). The van der Waals surface area contributed by atoms with Gasteiger partial charge in [-0.15, -0.1) is 0 Å². The van der Waals surface area contributed by atoms with Crippen LogP contribution in [0, 0.1) is 0 Å². The van der Waals surface area contributed by atoms with Crippen molar-refractivity contribution in [2.24, 2.45) is 0 Å². The maximum atomic E-state index is 5.91. The van der Waals surface area contributed by atoms with Crippen molar-refractivity contribution >= 4 is 11.6 Å². The minimum Gasteiger partial charge on any atom is -0.374 e. The molecule has 1 aliphatic carbocycles. The van der Waals surface area contributed by atoms with E-state index in [4.69, 9.17) is 4.74 Å². The van der Waals surface area contributed by atoms with E-state index in [2.05, 4.69) is 34.0 Å². The molecule has 1 N–H and O–H groups in total. The van der Waals surface area contributed by atoms with Gasteiger partial charge < -0.3 is 15.0 Å². The normalized spacial score (nSPS) is 25.9. The Morgan fingerprint density at radius 3 is 2.95 bits per heavy atom. The van der Waals surface area contributed by atoms with Gasteiger partial charge in [0.15, 0.2) is 0 Å². The topological polar surface area (TPSA) is 50.3 Å². The number of aromatic nitrogens is 2. The fraction of sp³-hybridized carbons (Fsp3) is 0.733. The SMILES string of the molecule is CNc1ncnc(N2CCOC3CCCC32)c1C(C)C. The van der Waals surface area contributed by atoms with E-state index in [1.54, 1.807) is 6.33 Å². The number of rotatable bonds is 3. The molecule has 1 saturated heterocycles. The standard InChI is InChI=1S/C15H24N4O/c1-10(2)13-14(16-3)17-9-18-15(13)19-7-8-20-12-6-4-5-11(12)19/h9-12H,4-8H2,1-3H3,(H,16,17,18). The summed E-state index contributed by atoms with van der Waals surface area (Å²) >= 11 is 0. The van der Waals surface area contributed by atoms with Crippen molar-refractivity contribution in [1.29, 1.82) is 0 Å². The number of hydrogen-bond acceptors (Lipinski definition) is 5. The number of nitrogens with one attached hydrogen (secondary N) is 1. The molecule has 2 fully saturated rings. The second-order valence-electron chi connectivity index (χ2n) is 5.97. The maximum absolute atomic E-state index is 5.91. The number of anilines is 2. The first-order chi connectivity index (χ1) is 9.72. The van der Waals surface area contributed by atoms with Crippen LogP contribution in [0.1, 0.15) is 44.6 Å². The molecular formula is C15H24N4O. The summed E-state index contributed by atoms with van der Waals surface area (Å²) in [5.41, 5.74) is 1.22. The van der Waals surface area contributed by atoms with Crippen LogP contribution in [-0.4, -0.2) is 42.3 Å². The number of ether oxygens (including phenoxy) is 1. The van der Waals surface area contributed by atoms with E-state index in [1.807, 2.05) is 7.05 Å². The van der Waals surface area contributed by atoms with Crippen molar-refractivity contribution in [3.63, 3.8) is 0 Å². The van der Waals surface area contributed by atoms with E-state index in [-0.39, 0.29) is 0 Å². The molecule has 0 radical (unpaired) electrons. The second kappa shape index (κ2) is 5.56. The molecule has 2 atom stereocenters. The highest BCUT2D eigenvalue weighted by Crippen LogP contribution is 2.37. The van der Waals surface area contributed by atoms with Gasteiger partial charge in [0.05, 0.1) is 18.8 Å². The fourth-order valence-electron chi connectivity index (χ4n) is 3.53. The Labute approximate surface area is 120 Å². The number of hydrogen-bond donors (Lipinski definition) is 1. The first kappa shape index (κ1) is 13.6. The highest BCUT2D eigenvalue weighted by atomic mass is 16.5. The van der Waals surface area contributed by atoms with Gasteiger partial charge in [-0.25, -0.2) is 9.97 Å². The largest absolute Gasteiger partial charge is 0.374 e. The summed E-state index contributed by atoms with van der Waals surface area (Å²) in [6.45, 7) is 6.14. The van der Waals surface area contributed by atoms with Crippen molar-refractivity contribution in [2.75, 3.05) is 30.4 Å². The van der Waals surface area contributed by atoms with Crippen molar-refractivity contribution in [2.45, 2.75) is 51.2 Å². The molecular weight excluding hydrogens is 252 g/mol. The summed E-state index contributed by atoms with van der Waals surface area (Å²) in [6.07, 6.45) is 5.71. The molecule has 0 bridgehead atoms. The molecule has 2 unspecified atom stereocenters. The Bertz CT molecular complexity index is 477. The van der Waals surface area contributed by atoms with E-state index < -0.39 is 0 Å². The molecule has 0 spiro atoms. The van der Waals surface area contributed by atoms with E-state index in [0.717, 1.165) is 24.8 Å². The molecule has 0 aromatic carbocycles. The van der Waals surface area contributed by atoms with Crippen LogP contribution in [0.2, 0.25) is 0 Å². The van der Waals surface area contributed by atoms with Crippen molar-refractivity contribution in [1.82, 2.24) is 9.97 Å². The Hall–Kier alpha value is -1.36. The second-order valence-corrected chi connectivity index (χ2v) is 5.97. The van der Waals surface area contributed by atoms with Gasteiger partial charge in [-0.1, -0.05) is 13.8 Å². The lowest BCUT2D eigenvalue weighted by Gasteiger charge is -2.39. The molecule has 110 valence electrons. The van der Waals surface area contributed by atoms with E-state index in [1.165, 1.54) is 24.8 Å². The van der Waals surface area contributed by atoms with Crippen LogP contribution >= 0.6 is 0 Å². The lowest BCUT2D eigenvalue weighted by Crippen LogP contribution is -2.49. The third kappa shape index (κ3) is 2.24. The highest BCUT2D eigenvalue weighted by molar-refractivity contribution is 5.61. The van der Waals surface area contributed by atoms with Crippen molar-refractivity contribution in [3.8, 4) is 0 Å². The quantitative estimate of drug-likeness (QED) is 0.918. The van der Waals surface area contributed by atoms with Crippen molar-refractivity contribution in [3.05, 3.63) is 11.9 Å². The van der Waals surface area contributed by atoms with Gasteiger partial charge >= 0.3 is 0 Å². The average Bonchev–Trinajstić information content (AvgIpc) is 2.94. The summed E-state index contributed by atoms with van der Waals surface area (Å²) in [6, 6.07) is 0.487. The lowest BCUT2D eigenvalue weighted by molar-refractivity contribution is 0.0252. The van der Waals surface area contributed by atoms with Gasteiger partial charge in [0.2, 0.25) is 0 Å². The first-order valence-electron chi connectivity index (χ1n) is 7.63. The molecule has 2 heterocycles. The molecule has 5 nitrogen and oxygen atoms in total. The van der Waals surface area contributed by atoms with Crippen LogP contribution in [-0.2, 0) is 4.74 Å². The van der Waals surface area contributed by atoms with E-state index in [9.17, 15) is 0 Å². The monoisotopic (exact) mass is 276 g/mol. The zero-order valence-corrected chi connectivity index (χ0v) is 12.6. The predicted octanol–water partition coefficient (Wildman–Crippen LogP) is 2.40. The molecule has 1 aromatic rings. The summed E-state index contributed by atoms with van der Waals surface area (Å²) in [5.74, 6) is 2.45. The van der Waals surface area contributed by atoms with Gasteiger partial charge in [-0.2, -0.15) is 0 Å². The van der Waals surface area contributed by atoms with Crippen LogP contribution in [0.3, 0.4) is 0 Å². The third-order valence-corrected chi connectivity index (χ3v) is 4.43. The molecule has 2 aliphatic rings. The van der Waals surface area contributed by atoms with Crippen molar-refractivity contribution < 1.29 is 4.74 Å². The number of fused-ring (bicyclic) bond motifs is 1. The van der Waals surface area contributed by atoms with Crippen LogP contribution < -0.4 is 10.2 Å². The molecule has 1 aliphatic heterocycles. The third-order valence-electron chi connectivity index (χ3n) is 4.43. The summed E-state index contributed by atoms with van der Waals surface area (Å²) < 4.78 is 5.91. The molecule has 1 saturated carbocycles. The van der Waals surface area contributed by atoms with Gasteiger partial charge in [-0.3, -0.25) is 0 Å². The Balaban J connectivity index is 2.00. The van der Waals surface area contributed by atoms with Crippen LogP contribution in [0.4, 0.5) is 11.6 Å². The minimum atomic E-state index is 0.386.